The molecule has 0 saturated carbocycles. The number of hydrogen-bond acceptors (Lipinski definition) is 3. The van der Waals surface area contributed by atoms with E-state index in [1.807, 2.05) is 31.2 Å². The lowest BCUT2D eigenvalue weighted by atomic mass is 10.1. The van der Waals surface area contributed by atoms with Crippen molar-refractivity contribution in [2.75, 3.05) is 0 Å². The highest BCUT2D eigenvalue weighted by Crippen LogP contribution is 2.13. The van der Waals surface area contributed by atoms with Gasteiger partial charge < -0.3 is 5.32 Å². The molecule has 5 nitrogen and oxygen atoms in total. The maximum atomic E-state index is 12.4. The van der Waals surface area contributed by atoms with E-state index in [1.165, 1.54) is 10.2 Å². The van der Waals surface area contributed by atoms with Gasteiger partial charge in [0.2, 0.25) is 5.91 Å². The third-order valence-electron chi connectivity index (χ3n) is 4.32. The van der Waals surface area contributed by atoms with Crippen LogP contribution in [-0.4, -0.2) is 15.7 Å². The van der Waals surface area contributed by atoms with Crippen molar-refractivity contribution < 1.29 is 4.79 Å². The second-order valence-corrected chi connectivity index (χ2v) is 6.08. The second-order valence-electron chi connectivity index (χ2n) is 6.08. The van der Waals surface area contributed by atoms with Gasteiger partial charge in [-0.3, -0.25) is 9.59 Å². The molecule has 0 fully saturated rings. The first-order chi connectivity index (χ1) is 12.1. The SMILES string of the molecule is CCc1ccc([C@H](C)NC(=O)Cn2ncc3ccccc3c2=O)cc1. The molecule has 25 heavy (non-hydrogen) atoms. The zero-order chi connectivity index (χ0) is 17.8. The van der Waals surface area contributed by atoms with E-state index in [4.69, 9.17) is 0 Å². The van der Waals surface area contributed by atoms with E-state index in [9.17, 15) is 9.59 Å². The summed E-state index contributed by atoms with van der Waals surface area (Å²) in [4.78, 5) is 24.7. The van der Waals surface area contributed by atoms with E-state index >= 15 is 0 Å². The van der Waals surface area contributed by atoms with Crippen molar-refractivity contribution in [3.8, 4) is 0 Å². The Morgan fingerprint density at radius 2 is 1.88 bits per heavy atom. The van der Waals surface area contributed by atoms with Crippen molar-refractivity contribution in [1.29, 1.82) is 0 Å². The number of nitrogens with zero attached hydrogens (tertiary/aromatic N) is 2. The van der Waals surface area contributed by atoms with Crippen LogP contribution in [0, 0.1) is 0 Å². The van der Waals surface area contributed by atoms with Gasteiger partial charge in [0.1, 0.15) is 6.54 Å². The van der Waals surface area contributed by atoms with Crippen molar-refractivity contribution in [2.45, 2.75) is 32.9 Å². The number of aromatic nitrogens is 2. The summed E-state index contributed by atoms with van der Waals surface area (Å²) in [7, 11) is 0. The number of benzene rings is 2. The zero-order valence-corrected chi connectivity index (χ0v) is 14.4. The van der Waals surface area contributed by atoms with Gasteiger partial charge in [0.15, 0.2) is 0 Å². The Balaban J connectivity index is 1.71. The molecule has 0 spiro atoms. The van der Waals surface area contributed by atoms with Gasteiger partial charge in [0.25, 0.3) is 5.56 Å². The highest BCUT2D eigenvalue weighted by Gasteiger charge is 2.12. The number of aryl methyl sites for hydroxylation is 1. The number of nitrogens with one attached hydrogen (secondary N) is 1. The molecule has 2 aromatic carbocycles. The predicted octanol–water partition coefficient (Wildman–Crippen LogP) is 2.84. The van der Waals surface area contributed by atoms with Crippen LogP contribution in [0.1, 0.15) is 31.0 Å². The minimum atomic E-state index is -0.256. The van der Waals surface area contributed by atoms with Crippen molar-refractivity contribution in [3.63, 3.8) is 0 Å². The van der Waals surface area contributed by atoms with Gasteiger partial charge in [-0.1, -0.05) is 49.4 Å². The zero-order valence-electron chi connectivity index (χ0n) is 14.4. The van der Waals surface area contributed by atoms with Gasteiger partial charge in [-0.05, 0) is 30.5 Å². The lowest BCUT2D eigenvalue weighted by Crippen LogP contribution is -2.34. The summed E-state index contributed by atoms with van der Waals surface area (Å²) in [6.45, 7) is 3.94. The molecule has 0 aliphatic heterocycles. The molecule has 0 bridgehead atoms. The molecule has 5 heteroatoms. The van der Waals surface area contributed by atoms with Crippen LogP contribution in [0.2, 0.25) is 0 Å². The van der Waals surface area contributed by atoms with E-state index in [2.05, 4.69) is 29.5 Å². The molecule has 1 amide bonds. The first kappa shape index (κ1) is 16.9. The molecule has 1 N–H and O–H groups in total. The molecule has 0 saturated heterocycles. The second kappa shape index (κ2) is 7.30. The Morgan fingerprint density at radius 3 is 2.60 bits per heavy atom. The monoisotopic (exact) mass is 335 g/mol. The quantitative estimate of drug-likeness (QED) is 0.780. The van der Waals surface area contributed by atoms with Crippen LogP contribution in [0.4, 0.5) is 0 Å². The van der Waals surface area contributed by atoms with Crippen molar-refractivity contribution in [1.82, 2.24) is 15.1 Å². The summed E-state index contributed by atoms with van der Waals surface area (Å²) >= 11 is 0. The molecule has 0 aliphatic carbocycles. The maximum Gasteiger partial charge on any atom is 0.275 e. The molecule has 0 aliphatic rings. The van der Waals surface area contributed by atoms with Crippen LogP contribution < -0.4 is 10.9 Å². The van der Waals surface area contributed by atoms with Crippen LogP contribution in [0.25, 0.3) is 10.8 Å². The molecule has 1 aromatic heterocycles. The summed E-state index contributed by atoms with van der Waals surface area (Å²) in [5, 5.41) is 8.35. The van der Waals surface area contributed by atoms with Gasteiger partial charge in [-0.2, -0.15) is 5.10 Å². The minimum Gasteiger partial charge on any atom is -0.348 e. The third-order valence-corrected chi connectivity index (χ3v) is 4.32. The van der Waals surface area contributed by atoms with Crippen LogP contribution >= 0.6 is 0 Å². The van der Waals surface area contributed by atoms with E-state index in [0.717, 1.165) is 17.4 Å². The average Bonchev–Trinajstić information content (AvgIpc) is 2.64. The number of fused-ring (bicyclic) bond motifs is 1. The number of carbonyl (C=O) groups is 1. The van der Waals surface area contributed by atoms with Crippen LogP contribution in [-0.2, 0) is 17.8 Å². The predicted molar refractivity (Wildman–Crippen MR) is 98.4 cm³/mol. The van der Waals surface area contributed by atoms with Gasteiger partial charge in [0.05, 0.1) is 17.6 Å². The van der Waals surface area contributed by atoms with Crippen molar-refractivity contribution >= 4 is 16.7 Å². The normalized spacial score (nSPS) is 12.1. The number of amides is 1. The summed E-state index contributed by atoms with van der Waals surface area (Å²) in [6, 6.07) is 15.3. The van der Waals surface area contributed by atoms with Crippen molar-refractivity contribution in [2.24, 2.45) is 0 Å². The molecular weight excluding hydrogens is 314 g/mol. The lowest BCUT2D eigenvalue weighted by molar-refractivity contribution is -0.122. The largest absolute Gasteiger partial charge is 0.348 e. The first-order valence-electron chi connectivity index (χ1n) is 8.41. The standard InChI is InChI=1S/C20H21N3O2/c1-3-15-8-10-16(11-9-15)14(2)22-19(24)13-23-20(25)18-7-5-4-6-17(18)12-21-23/h4-12,14H,3,13H2,1-2H3,(H,22,24)/t14-/m0/s1. The van der Waals surface area contributed by atoms with E-state index < -0.39 is 0 Å². The molecule has 1 heterocycles. The Labute approximate surface area is 146 Å². The minimum absolute atomic E-state index is 0.0962. The van der Waals surface area contributed by atoms with Crippen LogP contribution in [0.3, 0.4) is 0 Å². The molecular formula is C20H21N3O2. The van der Waals surface area contributed by atoms with Crippen LogP contribution in [0.5, 0.6) is 0 Å². The number of rotatable bonds is 5. The Bertz CT molecular complexity index is 945. The molecule has 1 atom stereocenters. The molecule has 3 aromatic rings. The number of hydrogen-bond donors (Lipinski definition) is 1. The number of carbonyl (C=O) groups excluding carboxylic acids is 1. The summed E-state index contributed by atoms with van der Waals surface area (Å²) < 4.78 is 1.20. The smallest absolute Gasteiger partial charge is 0.275 e. The Kier molecular flexibility index (Phi) is 4.93. The van der Waals surface area contributed by atoms with Gasteiger partial charge in [-0.25, -0.2) is 4.68 Å². The Hall–Kier alpha value is -2.95. The molecule has 3 rings (SSSR count). The lowest BCUT2D eigenvalue weighted by Gasteiger charge is -2.15. The first-order valence-corrected chi connectivity index (χ1v) is 8.41. The van der Waals surface area contributed by atoms with Gasteiger partial charge in [0, 0.05) is 5.39 Å². The fraction of sp³-hybridized carbons (Fsp3) is 0.250. The Morgan fingerprint density at radius 1 is 1.16 bits per heavy atom. The summed E-state index contributed by atoms with van der Waals surface area (Å²) in [5.74, 6) is -0.239. The van der Waals surface area contributed by atoms with E-state index in [-0.39, 0.29) is 24.1 Å². The molecule has 128 valence electrons. The average molecular weight is 335 g/mol. The van der Waals surface area contributed by atoms with Crippen LogP contribution in [0.15, 0.2) is 59.5 Å². The van der Waals surface area contributed by atoms with E-state index in [1.54, 1.807) is 18.3 Å². The van der Waals surface area contributed by atoms with Gasteiger partial charge in [-0.15, -0.1) is 0 Å². The maximum absolute atomic E-state index is 12.4. The third kappa shape index (κ3) is 3.76. The van der Waals surface area contributed by atoms with Gasteiger partial charge >= 0.3 is 0 Å². The summed E-state index contributed by atoms with van der Waals surface area (Å²) in [5.41, 5.74) is 2.03. The van der Waals surface area contributed by atoms with E-state index in [0.29, 0.717) is 5.39 Å². The topological polar surface area (TPSA) is 64.0 Å². The highest BCUT2D eigenvalue weighted by atomic mass is 16.2. The highest BCUT2D eigenvalue weighted by molar-refractivity contribution is 5.81. The fourth-order valence-electron chi connectivity index (χ4n) is 2.79. The molecule has 0 radical (unpaired) electrons. The van der Waals surface area contributed by atoms with Crippen molar-refractivity contribution in [3.05, 3.63) is 76.2 Å². The summed E-state index contributed by atoms with van der Waals surface area (Å²) in [6.07, 6.45) is 2.59. The molecule has 0 unspecified atom stereocenters. The fourth-order valence-corrected chi connectivity index (χ4v) is 2.79.